The van der Waals surface area contributed by atoms with Crippen LogP contribution >= 0.6 is 0 Å². The van der Waals surface area contributed by atoms with Gasteiger partial charge in [0.05, 0.1) is 5.56 Å². The number of alkyl halides is 3. The van der Waals surface area contributed by atoms with E-state index in [2.05, 4.69) is 16.0 Å². The van der Waals surface area contributed by atoms with Gasteiger partial charge >= 0.3 is 6.18 Å². The first-order chi connectivity index (χ1) is 12.2. The van der Waals surface area contributed by atoms with Crippen LogP contribution in [-0.2, 0) is 11.0 Å². The SMILES string of the molecule is CNC(=O)c1cccc(NC(C)C(=O)Nc2ccc(C(F)(F)F)cc2)c1. The number of nitrogens with one attached hydrogen (secondary N) is 3. The minimum atomic E-state index is -4.42. The third-order valence-corrected chi connectivity index (χ3v) is 3.61. The smallest absolute Gasteiger partial charge is 0.374 e. The Labute approximate surface area is 148 Å². The first-order valence-corrected chi connectivity index (χ1v) is 7.77. The van der Waals surface area contributed by atoms with Crippen LogP contribution in [0.15, 0.2) is 48.5 Å². The van der Waals surface area contributed by atoms with Crippen molar-refractivity contribution in [2.75, 3.05) is 17.7 Å². The number of hydrogen-bond acceptors (Lipinski definition) is 3. The molecule has 0 saturated heterocycles. The lowest BCUT2D eigenvalue weighted by atomic mass is 10.1. The maximum Gasteiger partial charge on any atom is 0.416 e. The Bertz CT molecular complexity index is 789. The minimum absolute atomic E-state index is 0.254. The molecular formula is C18H18F3N3O2. The maximum absolute atomic E-state index is 12.5. The molecule has 0 heterocycles. The van der Waals surface area contributed by atoms with Crippen LogP contribution in [0.3, 0.4) is 0 Å². The average molecular weight is 365 g/mol. The molecule has 0 aliphatic heterocycles. The highest BCUT2D eigenvalue weighted by Gasteiger charge is 2.30. The molecule has 0 spiro atoms. The highest BCUT2D eigenvalue weighted by Crippen LogP contribution is 2.29. The van der Waals surface area contributed by atoms with Gasteiger partial charge in [0.15, 0.2) is 0 Å². The van der Waals surface area contributed by atoms with Gasteiger partial charge in [0, 0.05) is 24.0 Å². The molecule has 0 saturated carbocycles. The highest BCUT2D eigenvalue weighted by atomic mass is 19.4. The molecule has 0 radical (unpaired) electrons. The van der Waals surface area contributed by atoms with E-state index >= 15 is 0 Å². The number of halogens is 3. The Kier molecular flexibility index (Phi) is 5.86. The van der Waals surface area contributed by atoms with Gasteiger partial charge in [0.25, 0.3) is 5.91 Å². The largest absolute Gasteiger partial charge is 0.416 e. The summed E-state index contributed by atoms with van der Waals surface area (Å²) in [5.74, 6) is -0.675. The summed E-state index contributed by atoms with van der Waals surface area (Å²) in [5, 5.41) is 7.99. The van der Waals surface area contributed by atoms with Crippen molar-refractivity contribution in [2.45, 2.75) is 19.1 Å². The molecule has 1 atom stereocenters. The van der Waals surface area contributed by atoms with Gasteiger partial charge in [0.1, 0.15) is 6.04 Å². The summed E-state index contributed by atoms with van der Waals surface area (Å²) in [4.78, 5) is 23.8. The van der Waals surface area contributed by atoms with Gasteiger partial charge in [-0.25, -0.2) is 0 Å². The van der Waals surface area contributed by atoms with E-state index in [1.54, 1.807) is 31.2 Å². The van der Waals surface area contributed by atoms with E-state index in [1.165, 1.54) is 19.2 Å². The van der Waals surface area contributed by atoms with E-state index in [4.69, 9.17) is 0 Å². The summed E-state index contributed by atoms with van der Waals surface area (Å²) < 4.78 is 37.6. The van der Waals surface area contributed by atoms with E-state index in [1.807, 2.05) is 0 Å². The summed E-state index contributed by atoms with van der Waals surface area (Å²) >= 11 is 0. The van der Waals surface area contributed by atoms with Crippen LogP contribution in [0.4, 0.5) is 24.5 Å². The Morgan fingerprint density at radius 1 is 1.00 bits per heavy atom. The van der Waals surface area contributed by atoms with Crippen molar-refractivity contribution in [1.82, 2.24) is 5.32 Å². The molecule has 0 fully saturated rings. The Balaban J connectivity index is 2.00. The number of anilines is 2. The third kappa shape index (κ3) is 4.98. The molecule has 8 heteroatoms. The topological polar surface area (TPSA) is 70.2 Å². The molecular weight excluding hydrogens is 347 g/mol. The molecule has 0 aliphatic carbocycles. The number of rotatable bonds is 5. The standard InChI is InChI=1S/C18H18F3N3O2/c1-11(23-15-5-3-4-12(10-15)17(26)22-2)16(25)24-14-8-6-13(7-9-14)18(19,20)21/h3-11,23H,1-2H3,(H,22,26)(H,24,25). The maximum atomic E-state index is 12.5. The highest BCUT2D eigenvalue weighted by molar-refractivity contribution is 5.97. The summed E-state index contributed by atoms with van der Waals surface area (Å²) in [5.41, 5.74) is 0.484. The quantitative estimate of drug-likeness (QED) is 0.760. The lowest BCUT2D eigenvalue weighted by Gasteiger charge is -2.16. The number of hydrogen-bond donors (Lipinski definition) is 3. The predicted octanol–water partition coefficient (Wildman–Crippen LogP) is 3.50. The fraction of sp³-hybridized carbons (Fsp3) is 0.222. The predicted molar refractivity (Wildman–Crippen MR) is 93.0 cm³/mol. The summed E-state index contributed by atoms with van der Waals surface area (Å²) in [6.07, 6.45) is -4.42. The van der Waals surface area contributed by atoms with Crippen LogP contribution in [0.2, 0.25) is 0 Å². The normalized spacial score (nSPS) is 12.2. The van der Waals surface area contributed by atoms with Crippen molar-refractivity contribution in [3.8, 4) is 0 Å². The van der Waals surface area contributed by atoms with Gasteiger partial charge in [-0.3, -0.25) is 9.59 Å². The molecule has 2 rings (SSSR count). The van der Waals surface area contributed by atoms with E-state index < -0.39 is 23.7 Å². The fourth-order valence-electron chi connectivity index (χ4n) is 2.20. The number of carbonyl (C=O) groups is 2. The lowest BCUT2D eigenvalue weighted by molar-refractivity contribution is -0.137. The summed E-state index contributed by atoms with van der Waals surface area (Å²) in [6, 6.07) is 10.1. The molecule has 2 aromatic rings. The van der Waals surface area contributed by atoms with Crippen molar-refractivity contribution in [1.29, 1.82) is 0 Å². The average Bonchev–Trinajstić information content (AvgIpc) is 2.60. The number of amides is 2. The molecule has 0 bridgehead atoms. The van der Waals surface area contributed by atoms with Crippen LogP contribution in [-0.4, -0.2) is 24.9 Å². The van der Waals surface area contributed by atoms with E-state index in [0.717, 1.165) is 12.1 Å². The zero-order chi connectivity index (χ0) is 19.3. The molecule has 5 nitrogen and oxygen atoms in total. The zero-order valence-corrected chi connectivity index (χ0v) is 14.1. The van der Waals surface area contributed by atoms with Crippen LogP contribution in [0.1, 0.15) is 22.8 Å². The van der Waals surface area contributed by atoms with Gasteiger partial charge in [-0.2, -0.15) is 13.2 Å². The van der Waals surface area contributed by atoms with Crippen molar-refractivity contribution < 1.29 is 22.8 Å². The molecule has 0 aromatic heterocycles. The van der Waals surface area contributed by atoms with Crippen LogP contribution in [0.25, 0.3) is 0 Å². The van der Waals surface area contributed by atoms with Crippen LogP contribution in [0, 0.1) is 0 Å². The molecule has 2 aromatic carbocycles. The Hall–Kier alpha value is -3.03. The van der Waals surface area contributed by atoms with Crippen LogP contribution in [0.5, 0.6) is 0 Å². The van der Waals surface area contributed by atoms with E-state index in [9.17, 15) is 22.8 Å². The molecule has 26 heavy (non-hydrogen) atoms. The van der Waals surface area contributed by atoms with E-state index in [-0.39, 0.29) is 11.6 Å². The third-order valence-electron chi connectivity index (χ3n) is 3.61. The second kappa shape index (κ2) is 7.90. The molecule has 1 unspecified atom stereocenters. The van der Waals surface area contributed by atoms with Gasteiger partial charge in [-0.05, 0) is 49.4 Å². The second-order valence-corrected chi connectivity index (χ2v) is 5.59. The van der Waals surface area contributed by atoms with Crippen molar-refractivity contribution in [3.05, 3.63) is 59.7 Å². The molecule has 2 amide bonds. The summed E-state index contributed by atoms with van der Waals surface area (Å²) in [6.45, 7) is 1.60. The first kappa shape index (κ1) is 19.3. The monoisotopic (exact) mass is 365 g/mol. The molecule has 0 aliphatic rings. The zero-order valence-electron chi connectivity index (χ0n) is 14.1. The van der Waals surface area contributed by atoms with Gasteiger partial charge in [-0.15, -0.1) is 0 Å². The first-order valence-electron chi connectivity index (χ1n) is 7.77. The van der Waals surface area contributed by atoms with Crippen molar-refractivity contribution >= 4 is 23.2 Å². The Morgan fingerprint density at radius 3 is 2.23 bits per heavy atom. The molecule has 138 valence electrons. The number of benzene rings is 2. The second-order valence-electron chi connectivity index (χ2n) is 5.59. The Morgan fingerprint density at radius 2 is 1.65 bits per heavy atom. The van der Waals surface area contributed by atoms with Crippen molar-refractivity contribution in [3.63, 3.8) is 0 Å². The van der Waals surface area contributed by atoms with Gasteiger partial charge in [0.2, 0.25) is 5.91 Å². The summed E-state index contributed by atoms with van der Waals surface area (Å²) in [7, 11) is 1.52. The molecule has 3 N–H and O–H groups in total. The fourth-order valence-corrected chi connectivity index (χ4v) is 2.20. The minimum Gasteiger partial charge on any atom is -0.374 e. The van der Waals surface area contributed by atoms with Crippen LogP contribution < -0.4 is 16.0 Å². The number of carbonyl (C=O) groups excluding carboxylic acids is 2. The lowest BCUT2D eigenvalue weighted by Crippen LogP contribution is -2.32. The van der Waals surface area contributed by atoms with Gasteiger partial charge < -0.3 is 16.0 Å². The van der Waals surface area contributed by atoms with Crippen molar-refractivity contribution in [2.24, 2.45) is 0 Å². The van der Waals surface area contributed by atoms with Gasteiger partial charge in [-0.1, -0.05) is 6.07 Å². The van der Waals surface area contributed by atoms with E-state index in [0.29, 0.717) is 11.3 Å².